The summed E-state index contributed by atoms with van der Waals surface area (Å²) in [6.07, 6.45) is -0.911. The molecule has 2 amide bonds. The van der Waals surface area contributed by atoms with Crippen molar-refractivity contribution in [1.29, 1.82) is 0 Å². The second kappa shape index (κ2) is 26.7. The minimum atomic E-state index is -0.456. The Morgan fingerprint density at radius 2 is 0.677 bits per heavy atom. The van der Waals surface area contributed by atoms with Crippen LogP contribution in [0.1, 0.15) is 22.3 Å². The maximum absolute atomic E-state index is 13.2. The summed E-state index contributed by atoms with van der Waals surface area (Å²) in [4.78, 5) is 31.7. The standard InChI is InChI=1S/C50H61N3O12/c1-51(2)42-31-47(62-27-23-60-25-29-64-49(54)52(34-38-7-15-43(56-3)16-8-38)35-39-9-17-44(57-4)18-10-39)33-48(32-42)63-28-24-61-26-30-65-50(55)53(36-40-11-19-45(58-5)20-12-40)37-41-13-21-46(59-6)22-14-41/h7-22,31-33H,23-30,34-37H2,1-6H3. The van der Waals surface area contributed by atoms with Crippen LogP contribution in [0.15, 0.2) is 115 Å². The number of nitrogens with zero attached hydrogens (tertiary/aromatic N) is 3. The second-order valence-corrected chi connectivity index (χ2v) is 14.8. The van der Waals surface area contributed by atoms with E-state index in [1.807, 2.05) is 128 Å². The van der Waals surface area contributed by atoms with Crippen LogP contribution in [0.2, 0.25) is 0 Å². The molecule has 0 fully saturated rings. The van der Waals surface area contributed by atoms with Gasteiger partial charge in [-0.15, -0.1) is 0 Å². The number of rotatable bonds is 27. The van der Waals surface area contributed by atoms with Crippen LogP contribution in [-0.4, -0.2) is 117 Å². The molecule has 0 aliphatic rings. The largest absolute Gasteiger partial charge is 0.497 e. The third-order valence-electron chi connectivity index (χ3n) is 9.93. The molecule has 0 unspecified atom stereocenters. The van der Waals surface area contributed by atoms with E-state index in [1.165, 1.54) is 0 Å². The Morgan fingerprint density at radius 1 is 0.385 bits per heavy atom. The molecule has 0 aliphatic heterocycles. The summed E-state index contributed by atoms with van der Waals surface area (Å²) in [6, 6.07) is 35.9. The van der Waals surface area contributed by atoms with E-state index in [2.05, 4.69) is 0 Å². The van der Waals surface area contributed by atoms with Gasteiger partial charge in [0.25, 0.3) is 0 Å². The molecule has 0 atom stereocenters. The minimum Gasteiger partial charge on any atom is -0.497 e. The fourth-order valence-corrected chi connectivity index (χ4v) is 6.36. The Morgan fingerprint density at radius 3 is 0.954 bits per heavy atom. The predicted octanol–water partition coefficient (Wildman–Crippen LogP) is 8.26. The number of hydrogen-bond acceptors (Lipinski definition) is 13. The molecule has 5 rings (SSSR count). The molecule has 0 N–H and O–H groups in total. The van der Waals surface area contributed by atoms with E-state index in [0.29, 0.717) is 37.7 Å². The van der Waals surface area contributed by atoms with Crippen LogP contribution in [0.3, 0.4) is 0 Å². The second-order valence-electron chi connectivity index (χ2n) is 14.8. The topological polar surface area (TPSA) is 136 Å². The first-order valence-electron chi connectivity index (χ1n) is 21.2. The first-order valence-corrected chi connectivity index (χ1v) is 21.2. The molecule has 0 aromatic heterocycles. The maximum Gasteiger partial charge on any atom is 0.410 e. The van der Waals surface area contributed by atoms with Crippen molar-refractivity contribution < 1.29 is 57.0 Å². The zero-order valence-electron chi connectivity index (χ0n) is 38.2. The molecular weight excluding hydrogens is 835 g/mol. The van der Waals surface area contributed by atoms with Gasteiger partial charge >= 0.3 is 12.2 Å². The lowest BCUT2D eigenvalue weighted by Gasteiger charge is -2.23. The molecule has 5 aromatic carbocycles. The van der Waals surface area contributed by atoms with E-state index in [0.717, 1.165) is 50.9 Å². The van der Waals surface area contributed by atoms with Crippen LogP contribution in [0.5, 0.6) is 34.5 Å². The predicted molar refractivity (Wildman–Crippen MR) is 247 cm³/mol. The van der Waals surface area contributed by atoms with Crippen LogP contribution < -0.4 is 33.3 Å². The van der Waals surface area contributed by atoms with Gasteiger partial charge in [0.05, 0.1) is 54.9 Å². The molecule has 65 heavy (non-hydrogen) atoms. The normalized spacial score (nSPS) is 10.7. The number of benzene rings is 5. The third-order valence-corrected chi connectivity index (χ3v) is 9.93. The van der Waals surface area contributed by atoms with E-state index < -0.39 is 12.2 Å². The van der Waals surface area contributed by atoms with Gasteiger partial charge in [-0.1, -0.05) is 48.5 Å². The summed E-state index contributed by atoms with van der Waals surface area (Å²) in [7, 11) is 10.3. The highest BCUT2D eigenvalue weighted by atomic mass is 16.6. The fourth-order valence-electron chi connectivity index (χ4n) is 6.36. The summed E-state index contributed by atoms with van der Waals surface area (Å²) in [6.45, 7) is 3.05. The Balaban J connectivity index is 1.01. The van der Waals surface area contributed by atoms with Gasteiger partial charge in [0, 0.05) is 64.2 Å². The van der Waals surface area contributed by atoms with E-state index in [4.69, 9.17) is 47.4 Å². The summed E-state index contributed by atoms with van der Waals surface area (Å²) in [5.41, 5.74) is 4.64. The van der Waals surface area contributed by atoms with Gasteiger partial charge < -0.3 is 52.3 Å². The average Bonchev–Trinajstić information content (AvgIpc) is 3.33. The van der Waals surface area contributed by atoms with Crippen molar-refractivity contribution in [3.63, 3.8) is 0 Å². The Bertz CT molecular complexity index is 1910. The molecule has 5 aromatic rings. The van der Waals surface area contributed by atoms with Gasteiger partial charge in [0.1, 0.15) is 60.9 Å². The van der Waals surface area contributed by atoms with Crippen LogP contribution in [0.25, 0.3) is 0 Å². The third kappa shape index (κ3) is 17.0. The Kier molecular flexibility index (Phi) is 20.2. The van der Waals surface area contributed by atoms with E-state index >= 15 is 0 Å². The number of methoxy groups -OCH3 is 4. The fraction of sp³-hybridized carbons (Fsp3) is 0.360. The summed E-state index contributed by atoms with van der Waals surface area (Å²) in [5, 5.41) is 0. The smallest absolute Gasteiger partial charge is 0.410 e. The van der Waals surface area contributed by atoms with E-state index in [-0.39, 0.29) is 52.9 Å². The van der Waals surface area contributed by atoms with Crippen molar-refractivity contribution in [2.75, 3.05) is 100 Å². The summed E-state index contributed by atoms with van der Waals surface area (Å²) in [5.74, 6) is 4.17. The molecule has 0 saturated carbocycles. The Hall–Kier alpha value is -6.84. The van der Waals surface area contributed by atoms with Gasteiger partial charge in [0.15, 0.2) is 0 Å². The molecular formula is C50H61N3O12. The molecule has 15 heteroatoms. The van der Waals surface area contributed by atoms with Crippen molar-refractivity contribution in [3.05, 3.63) is 138 Å². The number of carbonyl (C=O) groups excluding carboxylic acids is 2. The number of amides is 2. The van der Waals surface area contributed by atoms with Crippen LogP contribution >= 0.6 is 0 Å². The maximum atomic E-state index is 13.2. The van der Waals surface area contributed by atoms with Crippen molar-refractivity contribution in [1.82, 2.24) is 9.80 Å². The first-order chi connectivity index (χ1) is 31.7. The zero-order chi connectivity index (χ0) is 46.2. The zero-order valence-corrected chi connectivity index (χ0v) is 38.2. The van der Waals surface area contributed by atoms with Gasteiger partial charge in [-0.25, -0.2) is 9.59 Å². The average molecular weight is 896 g/mol. The molecule has 15 nitrogen and oxygen atoms in total. The van der Waals surface area contributed by atoms with Gasteiger partial charge in [-0.3, -0.25) is 9.80 Å². The number of ether oxygens (including phenoxy) is 10. The number of carbonyl (C=O) groups is 2. The summed E-state index contributed by atoms with van der Waals surface area (Å²) >= 11 is 0. The van der Waals surface area contributed by atoms with Crippen LogP contribution in [0, 0.1) is 0 Å². The van der Waals surface area contributed by atoms with Gasteiger partial charge in [-0.2, -0.15) is 0 Å². The van der Waals surface area contributed by atoms with E-state index in [9.17, 15) is 9.59 Å². The molecule has 0 radical (unpaired) electrons. The lowest BCUT2D eigenvalue weighted by atomic mass is 10.1. The van der Waals surface area contributed by atoms with Crippen LogP contribution in [0.4, 0.5) is 15.3 Å². The highest BCUT2D eigenvalue weighted by molar-refractivity contribution is 5.68. The van der Waals surface area contributed by atoms with E-state index in [1.54, 1.807) is 44.3 Å². The monoisotopic (exact) mass is 895 g/mol. The highest BCUT2D eigenvalue weighted by Crippen LogP contribution is 2.28. The minimum absolute atomic E-state index is 0.0762. The lowest BCUT2D eigenvalue weighted by molar-refractivity contribution is 0.0421. The molecule has 0 saturated heterocycles. The van der Waals surface area contributed by atoms with Crippen molar-refractivity contribution in [2.24, 2.45) is 0 Å². The van der Waals surface area contributed by atoms with Gasteiger partial charge in [0.2, 0.25) is 0 Å². The Labute approximate surface area is 382 Å². The number of anilines is 1. The van der Waals surface area contributed by atoms with Crippen LogP contribution in [-0.2, 0) is 45.1 Å². The number of hydrogen-bond donors (Lipinski definition) is 0. The van der Waals surface area contributed by atoms with Gasteiger partial charge in [-0.05, 0) is 70.8 Å². The molecule has 0 heterocycles. The molecule has 0 spiro atoms. The lowest BCUT2D eigenvalue weighted by Crippen LogP contribution is -2.31. The van der Waals surface area contributed by atoms with Crippen molar-refractivity contribution in [2.45, 2.75) is 26.2 Å². The van der Waals surface area contributed by atoms with Crippen molar-refractivity contribution >= 4 is 17.9 Å². The molecule has 348 valence electrons. The molecule has 0 bridgehead atoms. The highest BCUT2D eigenvalue weighted by Gasteiger charge is 2.18. The first kappa shape index (κ1) is 49.2. The summed E-state index contributed by atoms with van der Waals surface area (Å²) < 4.78 is 55.8. The van der Waals surface area contributed by atoms with Crippen molar-refractivity contribution in [3.8, 4) is 34.5 Å². The SMILES string of the molecule is COc1ccc(CN(Cc2ccc(OC)cc2)C(=O)OCCOCCOc2cc(OCCOCCOC(=O)N(Cc3ccc(OC)cc3)Cc3ccc(OC)cc3)cc(N(C)C)c2)cc1. The quantitative estimate of drug-likeness (QED) is 0.0469. The molecule has 0 aliphatic carbocycles.